The number of hydrogen-bond acceptors (Lipinski definition) is 4. The Balaban J connectivity index is 0.00000288. The van der Waals surface area contributed by atoms with Gasteiger partial charge in [0, 0.05) is 18.5 Å². The summed E-state index contributed by atoms with van der Waals surface area (Å²) in [7, 11) is 0. The summed E-state index contributed by atoms with van der Waals surface area (Å²) in [5.41, 5.74) is 5.61. The first-order valence-electron chi connectivity index (χ1n) is 6.83. The predicted octanol–water partition coefficient (Wildman–Crippen LogP) is 1.47. The van der Waals surface area contributed by atoms with Crippen molar-refractivity contribution in [2.75, 3.05) is 13.2 Å². The van der Waals surface area contributed by atoms with Crippen LogP contribution in [-0.4, -0.2) is 30.9 Å². The van der Waals surface area contributed by atoms with E-state index in [1.54, 1.807) is 0 Å². The van der Waals surface area contributed by atoms with Crippen LogP contribution in [0.2, 0.25) is 0 Å². The lowest BCUT2D eigenvalue weighted by Gasteiger charge is -2.15. The zero-order valence-electron chi connectivity index (χ0n) is 12.3. The highest BCUT2D eigenvalue weighted by atomic mass is 35.5. The summed E-state index contributed by atoms with van der Waals surface area (Å²) in [4.78, 5) is 23.2. The minimum atomic E-state index is -1.74. The summed E-state index contributed by atoms with van der Waals surface area (Å²) in [5.74, 6) is -9.46. The maximum Gasteiger partial charge on any atom is 0.223 e. The van der Waals surface area contributed by atoms with Crippen molar-refractivity contribution in [2.45, 2.75) is 18.9 Å². The molecule has 3 N–H and O–H groups in total. The van der Waals surface area contributed by atoms with E-state index in [0.29, 0.717) is 13.0 Å². The number of carbonyl (C=O) groups is 2. The largest absolute Gasteiger partial charge is 0.479 e. The number of rotatable bonds is 6. The fraction of sp³-hybridized carbons (Fsp3) is 0.429. The Kier molecular flexibility index (Phi) is 6.97. The number of ether oxygens (including phenoxy) is 1. The Bertz CT molecular complexity index is 619. The average molecular weight is 371 g/mol. The molecule has 1 aromatic carbocycles. The van der Waals surface area contributed by atoms with Gasteiger partial charge in [-0.1, -0.05) is 0 Å². The SMILES string of the molecule is Cl.NC(C[C@@H]1CCNC1=O)C(=O)COc1c(F)c(F)cc(F)c1F. The van der Waals surface area contributed by atoms with E-state index >= 15 is 0 Å². The van der Waals surface area contributed by atoms with Crippen molar-refractivity contribution in [1.29, 1.82) is 0 Å². The standard InChI is InChI=1S/C14H14F4N2O3.ClH/c15-7-4-8(16)12(18)13(11(7)17)23-5-10(21)9(19)3-6-1-2-20-14(6)22;/h4,6,9H,1-3,5,19H2,(H,20,22);1H/t6-,9?;/m0./s1. The number of nitrogens with two attached hydrogens (primary N) is 1. The zero-order chi connectivity index (χ0) is 17.1. The van der Waals surface area contributed by atoms with E-state index in [1.807, 2.05) is 0 Å². The fourth-order valence-corrected chi connectivity index (χ4v) is 2.24. The summed E-state index contributed by atoms with van der Waals surface area (Å²) in [5, 5.41) is 2.58. The van der Waals surface area contributed by atoms with Crippen molar-refractivity contribution in [2.24, 2.45) is 11.7 Å². The average Bonchev–Trinajstić information content (AvgIpc) is 2.90. The van der Waals surface area contributed by atoms with Crippen LogP contribution >= 0.6 is 12.4 Å². The second-order valence-corrected chi connectivity index (χ2v) is 5.17. The van der Waals surface area contributed by atoms with Crippen LogP contribution in [-0.2, 0) is 9.59 Å². The van der Waals surface area contributed by atoms with Crippen molar-refractivity contribution in [1.82, 2.24) is 5.32 Å². The van der Waals surface area contributed by atoms with Crippen molar-refractivity contribution >= 4 is 24.1 Å². The summed E-state index contributed by atoms with van der Waals surface area (Å²) in [6, 6.07) is -1.06. The van der Waals surface area contributed by atoms with Gasteiger partial charge >= 0.3 is 0 Å². The molecule has 1 saturated heterocycles. The van der Waals surface area contributed by atoms with Gasteiger partial charge in [-0.25, -0.2) is 8.78 Å². The molecule has 1 aliphatic rings. The molecular weight excluding hydrogens is 356 g/mol. The lowest BCUT2D eigenvalue weighted by atomic mass is 9.97. The Hall–Kier alpha value is -1.87. The van der Waals surface area contributed by atoms with Crippen LogP contribution in [0.15, 0.2) is 6.07 Å². The van der Waals surface area contributed by atoms with Gasteiger partial charge in [0.15, 0.2) is 23.2 Å². The zero-order valence-corrected chi connectivity index (χ0v) is 13.1. The Morgan fingerprint density at radius 2 is 1.88 bits per heavy atom. The van der Waals surface area contributed by atoms with Crippen molar-refractivity contribution in [3.05, 3.63) is 29.3 Å². The third-order valence-electron chi connectivity index (χ3n) is 3.55. The van der Waals surface area contributed by atoms with Gasteiger partial charge in [-0.15, -0.1) is 12.4 Å². The normalized spacial score (nSPS) is 17.9. The maximum absolute atomic E-state index is 13.4. The Morgan fingerprint density at radius 3 is 2.38 bits per heavy atom. The van der Waals surface area contributed by atoms with Crippen LogP contribution in [0.1, 0.15) is 12.8 Å². The molecule has 0 bridgehead atoms. The number of nitrogens with one attached hydrogen (secondary N) is 1. The summed E-state index contributed by atoms with van der Waals surface area (Å²) in [6.45, 7) is -0.383. The van der Waals surface area contributed by atoms with Gasteiger partial charge in [-0.2, -0.15) is 8.78 Å². The molecule has 1 unspecified atom stereocenters. The number of Topliss-reactive ketones (excluding diaryl/α,β-unsaturated/α-hetero) is 1. The van der Waals surface area contributed by atoms with E-state index < -0.39 is 53.4 Å². The molecule has 1 heterocycles. The predicted molar refractivity (Wildman–Crippen MR) is 77.7 cm³/mol. The minimum Gasteiger partial charge on any atom is -0.479 e. The highest BCUT2D eigenvalue weighted by Crippen LogP contribution is 2.26. The number of carbonyl (C=O) groups excluding carboxylic acids is 2. The van der Waals surface area contributed by atoms with E-state index in [1.165, 1.54) is 0 Å². The molecule has 0 saturated carbocycles. The first-order valence-corrected chi connectivity index (χ1v) is 6.83. The molecule has 0 aromatic heterocycles. The molecule has 0 radical (unpaired) electrons. The summed E-state index contributed by atoms with van der Waals surface area (Å²) in [6.07, 6.45) is 0.579. The third-order valence-corrected chi connectivity index (χ3v) is 3.55. The molecule has 1 amide bonds. The van der Waals surface area contributed by atoms with Crippen LogP contribution in [0.3, 0.4) is 0 Å². The Labute approximate surface area is 140 Å². The monoisotopic (exact) mass is 370 g/mol. The molecule has 1 fully saturated rings. The van der Waals surface area contributed by atoms with Crippen molar-refractivity contribution < 1.29 is 31.9 Å². The third kappa shape index (κ3) is 4.35. The van der Waals surface area contributed by atoms with Crippen molar-refractivity contribution in [3.63, 3.8) is 0 Å². The summed E-state index contributed by atoms with van der Waals surface area (Å²) >= 11 is 0. The lowest BCUT2D eigenvalue weighted by Crippen LogP contribution is -2.37. The van der Waals surface area contributed by atoms with E-state index in [4.69, 9.17) is 5.73 Å². The second kappa shape index (κ2) is 8.29. The van der Waals surface area contributed by atoms with Crippen LogP contribution in [0, 0.1) is 29.2 Å². The lowest BCUT2D eigenvalue weighted by molar-refractivity contribution is -0.124. The number of halogens is 5. The maximum atomic E-state index is 13.4. The van der Waals surface area contributed by atoms with E-state index in [2.05, 4.69) is 10.1 Å². The number of hydrogen-bond donors (Lipinski definition) is 2. The number of amides is 1. The fourth-order valence-electron chi connectivity index (χ4n) is 2.24. The molecule has 0 spiro atoms. The number of benzene rings is 1. The Morgan fingerprint density at radius 1 is 1.29 bits per heavy atom. The molecule has 10 heteroatoms. The highest BCUT2D eigenvalue weighted by molar-refractivity contribution is 5.87. The second-order valence-electron chi connectivity index (χ2n) is 5.17. The molecule has 1 aliphatic heterocycles. The molecular formula is C14H15ClF4N2O3. The first kappa shape index (κ1) is 20.2. The molecule has 134 valence electrons. The molecule has 2 rings (SSSR count). The van der Waals surface area contributed by atoms with Gasteiger partial charge in [-0.3, -0.25) is 9.59 Å². The summed E-state index contributed by atoms with van der Waals surface area (Å²) < 4.78 is 57.3. The highest BCUT2D eigenvalue weighted by Gasteiger charge is 2.29. The number of ketones is 1. The van der Waals surface area contributed by atoms with Gasteiger partial charge in [0.1, 0.15) is 6.61 Å². The van der Waals surface area contributed by atoms with E-state index in [0.717, 1.165) is 0 Å². The van der Waals surface area contributed by atoms with E-state index in [-0.39, 0.29) is 30.8 Å². The smallest absolute Gasteiger partial charge is 0.223 e. The van der Waals surface area contributed by atoms with E-state index in [9.17, 15) is 27.2 Å². The molecule has 5 nitrogen and oxygen atoms in total. The van der Waals surface area contributed by atoms with Gasteiger partial charge in [0.05, 0.1) is 6.04 Å². The van der Waals surface area contributed by atoms with Crippen LogP contribution < -0.4 is 15.8 Å². The van der Waals surface area contributed by atoms with Gasteiger partial charge < -0.3 is 15.8 Å². The first-order chi connectivity index (χ1) is 10.8. The minimum absolute atomic E-state index is 0. The molecule has 1 aromatic rings. The van der Waals surface area contributed by atoms with Gasteiger partial charge in [0.2, 0.25) is 17.5 Å². The topological polar surface area (TPSA) is 81.4 Å². The molecule has 24 heavy (non-hydrogen) atoms. The van der Waals surface area contributed by atoms with Crippen molar-refractivity contribution in [3.8, 4) is 5.75 Å². The van der Waals surface area contributed by atoms with Crippen LogP contribution in [0.5, 0.6) is 5.75 Å². The molecule has 0 aliphatic carbocycles. The van der Waals surface area contributed by atoms with Gasteiger partial charge in [-0.05, 0) is 12.8 Å². The van der Waals surface area contributed by atoms with Crippen LogP contribution in [0.25, 0.3) is 0 Å². The van der Waals surface area contributed by atoms with Crippen LogP contribution in [0.4, 0.5) is 17.6 Å². The quantitative estimate of drug-likeness (QED) is 0.587. The molecule has 2 atom stereocenters. The van der Waals surface area contributed by atoms with Gasteiger partial charge in [0.25, 0.3) is 0 Å².